The van der Waals surface area contributed by atoms with Crippen LogP contribution in [0.2, 0.25) is 0 Å². The Morgan fingerprint density at radius 1 is 1.57 bits per heavy atom. The highest BCUT2D eigenvalue weighted by Crippen LogP contribution is 2.28. The number of nitro groups is 1. The van der Waals surface area contributed by atoms with Gasteiger partial charge in [-0.1, -0.05) is 31.2 Å². The number of benzene rings is 1. The Labute approximate surface area is 83.2 Å². The Morgan fingerprint density at radius 3 is 2.79 bits per heavy atom. The van der Waals surface area contributed by atoms with E-state index in [1.165, 1.54) is 6.07 Å². The van der Waals surface area contributed by atoms with Crippen LogP contribution < -0.4 is 0 Å². The van der Waals surface area contributed by atoms with Crippen molar-refractivity contribution in [1.29, 1.82) is 0 Å². The molecule has 1 aromatic carbocycles. The molecule has 14 heavy (non-hydrogen) atoms. The molecule has 0 aliphatic rings. The van der Waals surface area contributed by atoms with Crippen molar-refractivity contribution in [3.05, 3.63) is 52.6 Å². The van der Waals surface area contributed by atoms with E-state index in [0.29, 0.717) is 0 Å². The van der Waals surface area contributed by atoms with Gasteiger partial charge in [0.1, 0.15) is 0 Å². The molecule has 0 saturated heterocycles. The molecular weight excluding hydrogens is 178 g/mol. The summed E-state index contributed by atoms with van der Waals surface area (Å²) in [5, 5.41) is 10.7. The van der Waals surface area contributed by atoms with Gasteiger partial charge in [0, 0.05) is 11.6 Å². The van der Waals surface area contributed by atoms with Crippen LogP contribution >= 0.6 is 0 Å². The highest BCUT2D eigenvalue weighted by Gasteiger charge is 2.16. The van der Waals surface area contributed by atoms with E-state index in [1.54, 1.807) is 18.2 Å². The molecule has 0 radical (unpaired) electrons. The molecule has 1 unspecified atom stereocenters. The molecular formula is C11H13NO2. The Bertz CT molecular complexity index is 347. The lowest BCUT2D eigenvalue weighted by Crippen LogP contribution is -1.98. The molecule has 0 aliphatic heterocycles. The highest BCUT2D eigenvalue weighted by atomic mass is 16.6. The van der Waals surface area contributed by atoms with Crippen molar-refractivity contribution in [2.45, 2.75) is 19.3 Å². The first-order valence-electron chi connectivity index (χ1n) is 4.51. The van der Waals surface area contributed by atoms with E-state index in [4.69, 9.17) is 0 Å². The number of hydrogen-bond donors (Lipinski definition) is 0. The normalized spacial score (nSPS) is 12.1. The quantitative estimate of drug-likeness (QED) is 0.416. The van der Waals surface area contributed by atoms with Crippen LogP contribution in [0.3, 0.4) is 0 Å². The summed E-state index contributed by atoms with van der Waals surface area (Å²) >= 11 is 0. The van der Waals surface area contributed by atoms with Crippen LogP contribution in [0.5, 0.6) is 0 Å². The summed E-state index contributed by atoms with van der Waals surface area (Å²) in [6.07, 6.45) is 2.53. The molecule has 0 heterocycles. The maximum Gasteiger partial charge on any atom is 0.272 e. The zero-order valence-corrected chi connectivity index (χ0v) is 8.14. The van der Waals surface area contributed by atoms with Gasteiger partial charge in [-0.15, -0.1) is 6.58 Å². The molecule has 0 spiro atoms. The number of hydrogen-bond acceptors (Lipinski definition) is 2. The highest BCUT2D eigenvalue weighted by molar-refractivity contribution is 5.42. The molecule has 0 fully saturated rings. The van der Waals surface area contributed by atoms with Crippen LogP contribution in [0.25, 0.3) is 0 Å². The molecule has 1 rings (SSSR count). The van der Waals surface area contributed by atoms with Crippen LogP contribution in [0.1, 0.15) is 24.8 Å². The second-order valence-electron chi connectivity index (χ2n) is 3.24. The Morgan fingerprint density at radius 2 is 2.21 bits per heavy atom. The second-order valence-corrected chi connectivity index (χ2v) is 3.24. The smallest absolute Gasteiger partial charge is 0.258 e. The summed E-state index contributed by atoms with van der Waals surface area (Å²) in [5.41, 5.74) is 0.972. The van der Waals surface area contributed by atoms with Gasteiger partial charge >= 0.3 is 0 Å². The molecule has 1 aromatic rings. The average Bonchev–Trinajstić information content (AvgIpc) is 2.18. The fourth-order valence-electron chi connectivity index (χ4n) is 1.45. The zero-order chi connectivity index (χ0) is 10.6. The van der Waals surface area contributed by atoms with Crippen molar-refractivity contribution < 1.29 is 4.92 Å². The van der Waals surface area contributed by atoms with E-state index in [0.717, 1.165) is 12.0 Å². The lowest BCUT2D eigenvalue weighted by atomic mass is 9.96. The van der Waals surface area contributed by atoms with Gasteiger partial charge in [0.05, 0.1) is 4.92 Å². The molecule has 0 amide bonds. The van der Waals surface area contributed by atoms with E-state index in [9.17, 15) is 10.1 Å². The number of allylic oxidation sites excluding steroid dienone is 1. The largest absolute Gasteiger partial charge is 0.272 e. The minimum Gasteiger partial charge on any atom is -0.258 e. The third kappa shape index (κ3) is 2.19. The predicted octanol–water partition coefficient (Wildman–Crippen LogP) is 3.27. The van der Waals surface area contributed by atoms with E-state index < -0.39 is 0 Å². The Hall–Kier alpha value is -1.64. The minimum absolute atomic E-state index is 0.147. The number of nitrogens with zero attached hydrogens (tertiary/aromatic N) is 1. The molecule has 3 nitrogen and oxygen atoms in total. The van der Waals surface area contributed by atoms with Crippen molar-refractivity contribution >= 4 is 5.69 Å². The topological polar surface area (TPSA) is 43.1 Å². The maximum atomic E-state index is 10.7. The molecule has 74 valence electrons. The van der Waals surface area contributed by atoms with Gasteiger partial charge in [0.25, 0.3) is 5.69 Å². The first-order valence-corrected chi connectivity index (χ1v) is 4.51. The second kappa shape index (κ2) is 4.56. The monoisotopic (exact) mass is 191 g/mol. The summed E-state index contributed by atoms with van der Waals surface area (Å²) in [5.74, 6) is 0.147. The van der Waals surface area contributed by atoms with Gasteiger partial charge in [0.2, 0.25) is 0 Å². The van der Waals surface area contributed by atoms with Crippen LogP contribution in [0.4, 0.5) is 5.69 Å². The first kappa shape index (κ1) is 10.4. The predicted molar refractivity (Wildman–Crippen MR) is 56.3 cm³/mol. The zero-order valence-electron chi connectivity index (χ0n) is 8.14. The Kier molecular flexibility index (Phi) is 3.40. The van der Waals surface area contributed by atoms with Crippen LogP contribution in [0.15, 0.2) is 36.9 Å². The number of nitro benzene ring substituents is 1. The van der Waals surface area contributed by atoms with Crippen molar-refractivity contribution in [3.63, 3.8) is 0 Å². The van der Waals surface area contributed by atoms with Crippen molar-refractivity contribution in [1.82, 2.24) is 0 Å². The van der Waals surface area contributed by atoms with Crippen LogP contribution in [-0.2, 0) is 0 Å². The van der Waals surface area contributed by atoms with Crippen molar-refractivity contribution in [2.24, 2.45) is 0 Å². The van der Waals surface area contributed by atoms with E-state index in [1.807, 2.05) is 13.0 Å². The molecule has 0 aliphatic carbocycles. The number of para-hydroxylation sites is 1. The summed E-state index contributed by atoms with van der Waals surface area (Å²) in [6.45, 7) is 5.59. The van der Waals surface area contributed by atoms with Gasteiger partial charge in [-0.2, -0.15) is 0 Å². The molecule has 0 N–H and O–H groups in total. The molecule has 0 aromatic heterocycles. The summed E-state index contributed by atoms with van der Waals surface area (Å²) in [4.78, 5) is 10.4. The first-order chi connectivity index (χ1) is 6.66. The van der Waals surface area contributed by atoms with Gasteiger partial charge in [-0.25, -0.2) is 0 Å². The van der Waals surface area contributed by atoms with Gasteiger partial charge in [0.15, 0.2) is 0 Å². The van der Waals surface area contributed by atoms with Gasteiger partial charge < -0.3 is 0 Å². The summed E-state index contributed by atoms with van der Waals surface area (Å²) < 4.78 is 0. The molecule has 0 saturated carbocycles. The van der Waals surface area contributed by atoms with Crippen molar-refractivity contribution in [3.8, 4) is 0 Å². The number of rotatable bonds is 4. The van der Waals surface area contributed by atoms with E-state index in [2.05, 4.69) is 6.58 Å². The third-order valence-corrected chi connectivity index (χ3v) is 2.18. The summed E-state index contributed by atoms with van der Waals surface area (Å²) in [6, 6.07) is 6.84. The third-order valence-electron chi connectivity index (χ3n) is 2.18. The minimum atomic E-state index is -0.338. The van der Waals surface area contributed by atoms with Crippen LogP contribution in [0, 0.1) is 10.1 Å². The lowest BCUT2D eigenvalue weighted by molar-refractivity contribution is -0.385. The Balaban J connectivity index is 3.06. The summed E-state index contributed by atoms with van der Waals surface area (Å²) in [7, 11) is 0. The van der Waals surface area contributed by atoms with E-state index >= 15 is 0 Å². The standard InChI is InChI=1S/C11H13NO2/c1-3-6-9(2)10-7-4-5-8-11(10)12(13)14/h3-5,7-9H,1,6H2,2H3. The fourth-order valence-corrected chi connectivity index (χ4v) is 1.45. The van der Waals surface area contributed by atoms with Crippen LogP contribution in [-0.4, -0.2) is 4.92 Å². The molecule has 1 atom stereocenters. The molecule has 0 bridgehead atoms. The average molecular weight is 191 g/mol. The van der Waals surface area contributed by atoms with Gasteiger partial charge in [-0.05, 0) is 12.3 Å². The molecule has 3 heteroatoms. The van der Waals surface area contributed by atoms with Crippen molar-refractivity contribution in [2.75, 3.05) is 0 Å². The SMILES string of the molecule is C=CCC(C)c1ccccc1[N+](=O)[O-]. The van der Waals surface area contributed by atoms with Gasteiger partial charge in [-0.3, -0.25) is 10.1 Å². The fraction of sp³-hybridized carbons (Fsp3) is 0.273. The van der Waals surface area contributed by atoms with E-state index in [-0.39, 0.29) is 16.5 Å². The lowest BCUT2D eigenvalue weighted by Gasteiger charge is -2.08. The maximum absolute atomic E-state index is 10.7.